The van der Waals surface area contributed by atoms with E-state index in [9.17, 15) is 4.79 Å². The Balaban J connectivity index is 1.47. The minimum Gasteiger partial charge on any atom is -0.356 e. The van der Waals surface area contributed by atoms with E-state index in [-0.39, 0.29) is 5.91 Å². The van der Waals surface area contributed by atoms with Gasteiger partial charge in [-0.05, 0) is 37.4 Å². The van der Waals surface area contributed by atoms with E-state index < -0.39 is 0 Å². The summed E-state index contributed by atoms with van der Waals surface area (Å²) in [4.78, 5) is 15.6. The lowest BCUT2D eigenvalue weighted by Crippen LogP contribution is -2.35. The minimum absolute atomic E-state index is 0.244. The number of amides is 1. The molecule has 0 radical (unpaired) electrons. The van der Waals surface area contributed by atoms with E-state index in [1.807, 2.05) is 12.3 Å². The maximum absolute atomic E-state index is 11.5. The number of hydrogen-bond acceptors (Lipinski definition) is 3. The van der Waals surface area contributed by atoms with Gasteiger partial charge in [-0.15, -0.1) is 0 Å². The molecule has 1 aromatic heterocycles. The zero-order valence-corrected chi connectivity index (χ0v) is 10.7. The predicted molar refractivity (Wildman–Crippen MR) is 70.9 cm³/mol. The average Bonchev–Trinajstić information content (AvgIpc) is 2.33. The summed E-state index contributed by atoms with van der Waals surface area (Å²) in [6.45, 7) is 2.53. The number of nitrogens with one attached hydrogen (secondary N) is 2. The molecule has 1 fully saturated rings. The van der Waals surface area contributed by atoms with Crippen LogP contribution in [0.25, 0.3) is 0 Å². The van der Waals surface area contributed by atoms with E-state index in [4.69, 9.17) is 0 Å². The van der Waals surface area contributed by atoms with E-state index in [2.05, 4.69) is 21.7 Å². The average molecular weight is 247 g/mol. The molecule has 0 spiro atoms. The molecular formula is C14H21N3O. The Morgan fingerprint density at radius 1 is 1.39 bits per heavy atom. The number of aromatic nitrogens is 1. The van der Waals surface area contributed by atoms with Gasteiger partial charge in [0.15, 0.2) is 0 Å². The smallest absolute Gasteiger partial charge is 0.223 e. The van der Waals surface area contributed by atoms with Gasteiger partial charge in [0.05, 0.1) is 0 Å². The van der Waals surface area contributed by atoms with Crippen molar-refractivity contribution >= 4 is 5.91 Å². The third kappa shape index (κ3) is 4.11. The van der Waals surface area contributed by atoms with Crippen molar-refractivity contribution < 1.29 is 4.79 Å². The molecule has 98 valence electrons. The number of hydrogen-bond donors (Lipinski definition) is 2. The van der Waals surface area contributed by atoms with Crippen LogP contribution >= 0.6 is 0 Å². The molecule has 0 saturated heterocycles. The number of nitrogens with zero attached hydrogens (tertiary/aromatic N) is 1. The van der Waals surface area contributed by atoms with Crippen molar-refractivity contribution in [1.29, 1.82) is 0 Å². The summed E-state index contributed by atoms with van der Waals surface area (Å²) >= 11 is 0. The monoisotopic (exact) mass is 247 g/mol. The molecule has 4 heteroatoms. The largest absolute Gasteiger partial charge is 0.356 e. The molecule has 1 aromatic rings. The topological polar surface area (TPSA) is 54.0 Å². The van der Waals surface area contributed by atoms with Gasteiger partial charge in [-0.3, -0.25) is 9.78 Å². The number of rotatable bonds is 7. The maximum Gasteiger partial charge on any atom is 0.223 e. The van der Waals surface area contributed by atoms with Crippen LogP contribution in [-0.2, 0) is 11.3 Å². The lowest BCUT2D eigenvalue weighted by Gasteiger charge is -2.23. The quantitative estimate of drug-likeness (QED) is 0.718. The van der Waals surface area contributed by atoms with Gasteiger partial charge < -0.3 is 10.6 Å². The Bertz CT molecular complexity index is 363. The van der Waals surface area contributed by atoms with E-state index in [1.165, 1.54) is 12.0 Å². The highest BCUT2D eigenvalue weighted by Gasteiger charge is 2.24. The van der Waals surface area contributed by atoms with E-state index >= 15 is 0 Å². The van der Waals surface area contributed by atoms with Gasteiger partial charge in [0.1, 0.15) is 0 Å². The molecule has 1 heterocycles. The molecule has 0 aliphatic heterocycles. The standard InChI is InChI=1S/C14H21N3O/c18-14(13-5-1-6-13)17-9-3-8-16-11-12-4-2-7-15-10-12/h2,4,7,10,13,16H,1,3,5-6,8-9,11H2,(H,17,18). The SMILES string of the molecule is O=C(NCCCNCc1cccnc1)C1CCC1. The molecule has 1 amide bonds. The van der Waals surface area contributed by atoms with Crippen LogP contribution in [-0.4, -0.2) is 24.0 Å². The normalized spacial score (nSPS) is 15.1. The van der Waals surface area contributed by atoms with Gasteiger partial charge in [-0.2, -0.15) is 0 Å². The second-order valence-corrected chi connectivity index (χ2v) is 4.81. The van der Waals surface area contributed by atoms with Crippen LogP contribution in [0, 0.1) is 5.92 Å². The van der Waals surface area contributed by atoms with Crippen LogP contribution in [0.5, 0.6) is 0 Å². The van der Waals surface area contributed by atoms with Gasteiger partial charge >= 0.3 is 0 Å². The Labute approximate surface area is 108 Å². The molecule has 2 N–H and O–H groups in total. The molecule has 0 unspecified atom stereocenters. The number of carbonyl (C=O) groups excluding carboxylic acids is 1. The minimum atomic E-state index is 0.244. The van der Waals surface area contributed by atoms with Crippen molar-refractivity contribution in [2.24, 2.45) is 5.92 Å². The third-order valence-electron chi connectivity index (χ3n) is 3.36. The summed E-state index contributed by atoms with van der Waals surface area (Å²) in [5.41, 5.74) is 1.19. The van der Waals surface area contributed by atoms with Crippen LogP contribution in [0.3, 0.4) is 0 Å². The molecule has 2 rings (SSSR count). The summed E-state index contributed by atoms with van der Waals surface area (Å²) in [6, 6.07) is 3.99. The van der Waals surface area contributed by atoms with Crippen LogP contribution < -0.4 is 10.6 Å². The predicted octanol–water partition coefficient (Wildman–Crippen LogP) is 1.48. The second-order valence-electron chi connectivity index (χ2n) is 4.81. The molecule has 18 heavy (non-hydrogen) atoms. The van der Waals surface area contributed by atoms with E-state index in [0.29, 0.717) is 5.92 Å². The van der Waals surface area contributed by atoms with Crippen molar-refractivity contribution in [2.45, 2.75) is 32.2 Å². The van der Waals surface area contributed by atoms with Gasteiger partial charge in [0.25, 0.3) is 0 Å². The second kappa shape index (κ2) is 7.11. The number of carbonyl (C=O) groups is 1. The first kappa shape index (κ1) is 13.0. The van der Waals surface area contributed by atoms with Crippen LogP contribution in [0.4, 0.5) is 0 Å². The molecular weight excluding hydrogens is 226 g/mol. The molecule has 4 nitrogen and oxygen atoms in total. The fraction of sp³-hybridized carbons (Fsp3) is 0.571. The van der Waals surface area contributed by atoms with Crippen LogP contribution in [0.15, 0.2) is 24.5 Å². The van der Waals surface area contributed by atoms with Gasteiger partial charge in [0, 0.05) is 31.4 Å². The fourth-order valence-electron chi connectivity index (χ4n) is 1.98. The summed E-state index contributed by atoms with van der Waals surface area (Å²) in [7, 11) is 0. The van der Waals surface area contributed by atoms with Crippen molar-refractivity contribution in [3.8, 4) is 0 Å². The molecule has 1 aliphatic rings. The van der Waals surface area contributed by atoms with Gasteiger partial charge in [0.2, 0.25) is 5.91 Å². The van der Waals surface area contributed by atoms with Crippen molar-refractivity contribution in [1.82, 2.24) is 15.6 Å². The molecule has 0 aromatic carbocycles. The Morgan fingerprint density at radius 3 is 2.94 bits per heavy atom. The number of pyridine rings is 1. The van der Waals surface area contributed by atoms with E-state index in [1.54, 1.807) is 6.20 Å². The van der Waals surface area contributed by atoms with Crippen molar-refractivity contribution in [3.63, 3.8) is 0 Å². The molecule has 1 saturated carbocycles. The Morgan fingerprint density at radius 2 is 2.28 bits per heavy atom. The maximum atomic E-state index is 11.5. The highest BCUT2D eigenvalue weighted by molar-refractivity contribution is 5.79. The molecule has 0 atom stereocenters. The van der Waals surface area contributed by atoms with Crippen LogP contribution in [0.2, 0.25) is 0 Å². The first-order chi connectivity index (χ1) is 8.86. The summed E-state index contributed by atoms with van der Waals surface area (Å²) in [5.74, 6) is 0.543. The lowest BCUT2D eigenvalue weighted by molar-refractivity contribution is -0.127. The van der Waals surface area contributed by atoms with E-state index in [0.717, 1.165) is 38.9 Å². The first-order valence-corrected chi connectivity index (χ1v) is 6.73. The summed E-state index contributed by atoms with van der Waals surface area (Å²) in [6.07, 6.45) is 7.98. The lowest BCUT2D eigenvalue weighted by atomic mass is 9.85. The summed E-state index contributed by atoms with van der Waals surface area (Å²) in [5, 5.41) is 6.33. The Hall–Kier alpha value is -1.42. The highest BCUT2D eigenvalue weighted by Crippen LogP contribution is 2.25. The fourth-order valence-corrected chi connectivity index (χ4v) is 1.98. The zero-order valence-electron chi connectivity index (χ0n) is 10.7. The zero-order chi connectivity index (χ0) is 12.6. The van der Waals surface area contributed by atoms with Crippen LogP contribution in [0.1, 0.15) is 31.2 Å². The summed E-state index contributed by atoms with van der Waals surface area (Å²) < 4.78 is 0. The van der Waals surface area contributed by atoms with Crippen molar-refractivity contribution in [2.75, 3.05) is 13.1 Å². The first-order valence-electron chi connectivity index (χ1n) is 6.73. The van der Waals surface area contributed by atoms with Gasteiger partial charge in [-0.1, -0.05) is 12.5 Å². The highest BCUT2D eigenvalue weighted by atomic mass is 16.1. The molecule has 0 bridgehead atoms. The van der Waals surface area contributed by atoms with Gasteiger partial charge in [-0.25, -0.2) is 0 Å². The molecule has 1 aliphatic carbocycles. The van der Waals surface area contributed by atoms with Crippen molar-refractivity contribution in [3.05, 3.63) is 30.1 Å². The third-order valence-corrected chi connectivity index (χ3v) is 3.36. The Kier molecular flexibility index (Phi) is 5.15.